The summed E-state index contributed by atoms with van der Waals surface area (Å²) in [4.78, 5) is 11.9. The average molecular weight is 293 g/mol. The molecule has 0 saturated heterocycles. The summed E-state index contributed by atoms with van der Waals surface area (Å²) in [7, 11) is 0. The number of thiazole rings is 2. The zero-order chi connectivity index (χ0) is 13.2. The Hall–Kier alpha value is -0.780. The van der Waals surface area contributed by atoms with Crippen LogP contribution < -0.4 is 5.32 Å². The van der Waals surface area contributed by atoms with Gasteiger partial charge in [-0.1, -0.05) is 0 Å². The van der Waals surface area contributed by atoms with Crippen LogP contribution in [0, 0.1) is 0 Å². The number of rotatable bonds is 4. The lowest BCUT2D eigenvalue weighted by atomic mass is 10.0. The van der Waals surface area contributed by atoms with Gasteiger partial charge >= 0.3 is 0 Å². The number of nitrogens with one attached hydrogen (secondary N) is 1. The van der Waals surface area contributed by atoms with Crippen molar-refractivity contribution in [2.45, 2.75) is 51.6 Å². The first-order valence-corrected chi connectivity index (χ1v) is 8.56. The van der Waals surface area contributed by atoms with Crippen molar-refractivity contribution >= 4 is 22.7 Å². The molecule has 1 atom stereocenters. The summed E-state index contributed by atoms with van der Waals surface area (Å²) in [6.07, 6.45) is 6.94. The molecule has 3 rings (SSSR count). The third kappa shape index (κ3) is 2.88. The van der Waals surface area contributed by atoms with Crippen LogP contribution in [0.4, 0.5) is 0 Å². The van der Waals surface area contributed by atoms with Gasteiger partial charge in [0.2, 0.25) is 0 Å². The number of hydrogen-bond acceptors (Lipinski definition) is 5. The molecule has 0 amide bonds. The highest BCUT2D eigenvalue weighted by Crippen LogP contribution is 2.33. The van der Waals surface area contributed by atoms with Gasteiger partial charge in [0.1, 0.15) is 5.01 Å². The molecule has 2 aromatic heterocycles. The van der Waals surface area contributed by atoms with Crippen molar-refractivity contribution < 1.29 is 0 Å². The van der Waals surface area contributed by atoms with Gasteiger partial charge in [-0.05, 0) is 39.5 Å². The molecule has 0 aliphatic heterocycles. The normalized spacial score (nSPS) is 16.6. The van der Waals surface area contributed by atoms with E-state index in [9.17, 15) is 0 Å². The van der Waals surface area contributed by atoms with Gasteiger partial charge in [-0.3, -0.25) is 4.98 Å². The maximum Gasteiger partial charge on any atom is 0.116 e. The molecule has 0 radical (unpaired) electrons. The van der Waals surface area contributed by atoms with Crippen LogP contribution in [-0.2, 0) is 12.8 Å². The number of aryl methyl sites for hydroxylation is 2. The van der Waals surface area contributed by atoms with Gasteiger partial charge in [-0.2, -0.15) is 0 Å². The highest BCUT2D eigenvalue weighted by molar-refractivity contribution is 7.12. The van der Waals surface area contributed by atoms with Crippen LogP contribution in [0.5, 0.6) is 0 Å². The lowest BCUT2D eigenvalue weighted by molar-refractivity contribution is 0.530. The van der Waals surface area contributed by atoms with Crippen molar-refractivity contribution in [1.29, 1.82) is 0 Å². The third-order valence-corrected chi connectivity index (χ3v) is 5.41. The van der Waals surface area contributed by atoms with E-state index in [-0.39, 0.29) is 6.04 Å². The van der Waals surface area contributed by atoms with Crippen molar-refractivity contribution in [2.24, 2.45) is 0 Å². The molecule has 0 fully saturated rings. The maximum atomic E-state index is 4.90. The summed E-state index contributed by atoms with van der Waals surface area (Å²) in [6.45, 7) is 4.36. The first kappa shape index (κ1) is 13.2. The van der Waals surface area contributed by atoms with E-state index in [4.69, 9.17) is 4.98 Å². The van der Waals surface area contributed by atoms with Crippen LogP contribution in [-0.4, -0.2) is 16.0 Å². The second kappa shape index (κ2) is 5.69. The molecule has 3 nitrogen and oxygen atoms in total. The first-order chi connectivity index (χ1) is 9.24. The van der Waals surface area contributed by atoms with Crippen LogP contribution in [0.25, 0.3) is 0 Å². The minimum absolute atomic E-state index is 0.211. The Morgan fingerprint density at radius 1 is 1.26 bits per heavy atom. The van der Waals surface area contributed by atoms with Gasteiger partial charge in [0.05, 0.1) is 17.2 Å². The minimum atomic E-state index is 0.211. The van der Waals surface area contributed by atoms with E-state index >= 15 is 0 Å². The van der Waals surface area contributed by atoms with Crippen molar-refractivity contribution in [3.63, 3.8) is 0 Å². The number of nitrogens with zero attached hydrogens (tertiary/aromatic N) is 2. The molecule has 0 aromatic carbocycles. The SMILES string of the molecule is CC(C)NC(c1cncs1)c1nc2c(s1)CCCC2. The van der Waals surface area contributed by atoms with Gasteiger partial charge in [0.25, 0.3) is 0 Å². The molecule has 1 aliphatic carbocycles. The predicted molar refractivity (Wildman–Crippen MR) is 81.0 cm³/mol. The Bertz CT molecular complexity index is 507. The van der Waals surface area contributed by atoms with Gasteiger partial charge in [-0.15, -0.1) is 22.7 Å². The van der Waals surface area contributed by atoms with Gasteiger partial charge in [0.15, 0.2) is 0 Å². The number of fused-ring (bicyclic) bond motifs is 1. The Balaban J connectivity index is 1.92. The standard InChI is InChI=1S/C14H19N3S2/c1-9(2)16-13(12-7-15-8-18-12)14-17-10-5-3-4-6-11(10)19-14/h7-9,13,16H,3-6H2,1-2H3. The predicted octanol–water partition coefficient (Wildman–Crippen LogP) is 3.57. The summed E-state index contributed by atoms with van der Waals surface area (Å²) in [5.74, 6) is 0. The number of aromatic nitrogens is 2. The fourth-order valence-corrected chi connectivity index (χ4v) is 4.46. The Labute approximate surface area is 122 Å². The van der Waals surface area contributed by atoms with E-state index in [2.05, 4.69) is 24.1 Å². The van der Waals surface area contributed by atoms with E-state index < -0.39 is 0 Å². The van der Waals surface area contributed by atoms with E-state index in [1.165, 1.54) is 39.7 Å². The molecule has 1 N–H and O–H groups in total. The molecule has 1 aliphatic rings. The zero-order valence-electron chi connectivity index (χ0n) is 11.3. The van der Waals surface area contributed by atoms with E-state index in [0.717, 1.165) is 6.42 Å². The first-order valence-electron chi connectivity index (χ1n) is 6.87. The molecular formula is C14H19N3S2. The van der Waals surface area contributed by atoms with Crippen LogP contribution in [0.2, 0.25) is 0 Å². The van der Waals surface area contributed by atoms with Crippen molar-refractivity contribution in [3.8, 4) is 0 Å². The molecule has 19 heavy (non-hydrogen) atoms. The van der Waals surface area contributed by atoms with Crippen LogP contribution in [0.3, 0.4) is 0 Å². The molecule has 2 aromatic rings. The molecule has 102 valence electrons. The van der Waals surface area contributed by atoms with Gasteiger partial charge in [0, 0.05) is 22.0 Å². The number of hydrogen-bond donors (Lipinski definition) is 1. The molecule has 0 bridgehead atoms. The third-order valence-electron chi connectivity index (χ3n) is 3.35. The second-order valence-corrected chi connectivity index (χ2v) is 7.32. The molecule has 1 unspecified atom stereocenters. The largest absolute Gasteiger partial charge is 0.301 e. The second-order valence-electron chi connectivity index (χ2n) is 5.29. The smallest absolute Gasteiger partial charge is 0.116 e. The molecular weight excluding hydrogens is 274 g/mol. The lowest BCUT2D eigenvalue weighted by Crippen LogP contribution is -2.28. The Kier molecular flexibility index (Phi) is 3.96. The zero-order valence-corrected chi connectivity index (χ0v) is 13.0. The summed E-state index contributed by atoms with van der Waals surface area (Å²) < 4.78 is 0. The molecule has 0 spiro atoms. The van der Waals surface area contributed by atoms with Crippen molar-refractivity contribution in [3.05, 3.63) is 32.2 Å². The van der Waals surface area contributed by atoms with Crippen molar-refractivity contribution in [1.82, 2.24) is 15.3 Å². The Morgan fingerprint density at radius 2 is 2.11 bits per heavy atom. The summed E-state index contributed by atoms with van der Waals surface area (Å²) in [5.41, 5.74) is 3.24. The van der Waals surface area contributed by atoms with Gasteiger partial charge < -0.3 is 5.32 Å². The monoisotopic (exact) mass is 293 g/mol. The van der Waals surface area contributed by atoms with Crippen LogP contribution >= 0.6 is 22.7 Å². The molecule has 0 saturated carbocycles. The lowest BCUT2D eigenvalue weighted by Gasteiger charge is -2.17. The topological polar surface area (TPSA) is 37.8 Å². The average Bonchev–Trinajstić information content (AvgIpc) is 3.04. The quantitative estimate of drug-likeness (QED) is 0.936. The molecule has 5 heteroatoms. The summed E-state index contributed by atoms with van der Waals surface area (Å²) >= 11 is 3.60. The van der Waals surface area contributed by atoms with E-state index in [1.54, 1.807) is 11.3 Å². The van der Waals surface area contributed by atoms with Crippen LogP contribution in [0.15, 0.2) is 11.7 Å². The fourth-order valence-electron chi connectivity index (χ4n) is 2.47. The fraction of sp³-hybridized carbons (Fsp3) is 0.571. The highest BCUT2D eigenvalue weighted by atomic mass is 32.1. The van der Waals surface area contributed by atoms with E-state index in [0.29, 0.717) is 6.04 Å². The summed E-state index contributed by atoms with van der Waals surface area (Å²) in [5, 5.41) is 4.84. The van der Waals surface area contributed by atoms with E-state index in [1.807, 2.05) is 23.0 Å². The Morgan fingerprint density at radius 3 is 2.79 bits per heavy atom. The van der Waals surface area contributed by atoms with Crippen LogP contribution in [0.1, 0.15) is 53.2 Å². The summed E-state index contributed by atoms with van der Waals surface area (Å²) in [6, 6.07) is 0.649. The van der Waals surface area contributed by atoms with Crippen molar-refractivity contribution in [2.75, 3.05) is 0 Å². The highest BCUT2D eigenvalue weighted by Gasteiger charge is 2.23. The maximum absolute atomic E-state index is 4.90. The van der Waals surface area contributed by atoms with Gasteiger partial charge in [-0.25, -0.2) is 4.98 Å². The minimum Gasteiger partial charge on any atom is -0.301 e. The molecule has 2 heterocycles.